The maximum absolute atomic E-state index is 12.4. The van der Waals surface area contributed by atoms with Crippen molar-refractivity contribution in [1.29, 1.82) is 0 Å². The van der Waals surface area contributed by atoms with E-state index in [2.05, 4.69) is 20.8 Å². The van der Waals surface area contributed by atoms with E-state index < -0.39 is 0 Å². The summed E-state index contributed by atoms with van der Waals surface area (Å²) < 4.78 is 0. The lowest BCUT2D eigenvalue weighted by Crippen LogP contribution is -2.44. The van der Waals surface area contributed by atoms with Crippen LogP contribution < -0.4 is 5.73 Å². The molecule has 3 atom stereocenters. The molecule has 0 saturated heterocycles. The first-order valence-corrected chi connectivity index (χ1v) is 7.01. The molecule has 3 nitrogen and oxygen atoms in total. The normalized spacial score (nSPS) is 29.4. The molecule has 0 heterocycles. The van der Waals surface area contributed by atoms with Crippen molar-refractivity contribution in [1.82, 2.24) is 4.90 Å². The second-order valence-electron chi connectivity index (χ2n) is 5.69. The van der Waals surface area contributed by atoms with E-state index in [1.807, 2.05) is 11.9 Å². The lowest BCUT2D eigenvalue weighted by Gasteiger charge is -2.35. The molecule has 0 aromatic rings. The van der Waals surface area contributed by atoms with Gasteiger partial charge in [0, 0.05) is 25.0 Å². The van der Waals surface area contributed by atoms with Gasteiger partial charge in [-0.05, 0) is 38.0 Å². The van der Waals surface area contributed by atoms with Gasteiger partial charge >= 0.3 is 0 Å². The fourth-order valence-electron chi connectivity index (χ4n) is 3.16. The summed E-state index contributed by atoms with van der Waals surface area (Å²) in [6.07, 6.45) is 5.02. The Bertz CT molecular complexity index is 241. The molecule has 0 bridgehead atoms. The molecule has 0 spiro atoms. The first-order valence-electron chi connectivity index (χ1n) is 7.01. The smallest absolute Gasteiger partial charge is 0.225 e. The fourth-order valence-corrected chi connectivity index (χ4v) is 3.16. The first kappa shape index (κ1) is 14.5. The number of hydrogen-bond acceptors (Lipinski definition) is 2. The number of carbonyl (C=O) groups excluding carboxylic acids is 1. The van der Waals surface area contributed by atoms with Crippen molar-refractivity contribution in [2.24, 2.45) is 17.6 Å². The van der Waals surface area contributed by atoms with Gasteiger partial charge in [-0.3, -0.25) is 4.79 Å². The van der Waals surface area contributed by atoms with Gasteiger partial charge in [0.2, 0.25) is 5.91 Å². The van der Waals surface area contributed by atoms with Crippen LogP contribution in [-0.4, -0.2) is 29.9 Å². The van der Waals surface area contributed by atoms with Gasteiger partial charge in [0.05, 0.1) is 0 Å². The third-order valence-electron chi connectivity index (χ3n) is 4.17. The quantitative estimate of drug-likeness (QED) is 0.820. The Morgan fingerprint density at radius 1 is 1.29 bits per heavy atom. The van der Waals surface area contributed by atoms with Crippen LogP contribution in [0.5, 0.6) is 0 Å². The number of nitrogens with two attached hydrogens (primary N) is 1. The van der Waals surface area contributed by atoms with Gasteiger partial charge in [0.25, 0.3) is 0 Å². The topological polar surface area (TPSA) is 46.3 Å². The molecule has 100 valence electrons. The highest BCUT2D eigenvalue weighted by atomic mass is 16.2. The van der Waals surface area contributed by atoms with E-state index in [1.165, 1.54) is 0 Å². The van der Waals surface area contributed by atoms with Crippen molar-refractivity contribution in [3.05, 3.63) is 0 Å². The average molecular weight is 240 g/mol. The Morgan fingerprint density at radius 2 is 1.88 bits per heavy atom. The van der Waals surface area contributed by atoms with E-state index in [-0.39, 0.29) is 12.0 Å². The van der Waals surface area contributed by atoms with Gasteiger partial charge in [0.1, 0.15) is 0 Å². The molecule has 1 saturated carbocycles. The van der Waals surface area contributed by atoms with Crippen molar-refractivity contribution in [2.75, 3.05) is 7.05 Å². The molecule has 0 radical (unpaired) electrons. The monoisotopic (exact) mass is 240 g/mol. The van der Waals surface area contributed by atoms with Crippen LogP contribution in [0.4, 0.5) is 0 Å². The second-order valence-corrected chi connectivity index (χ2v) is 5.69. The SMILES string of the molecule is CCC(CC)N(C)C(=O)C1CC(C)CC(N)C1. The molecule has 0 aromatic heterocycles. The van der Waals surface area contributed by atoms with Crippen LogP contribution in [0, 0.1) is 11.8 Å². The van der Waals surface area contributed by atoms with Gasteiger partial charge in [-0.15, -0.1) is 0 Å². The molecule has 1 aliphatic carbocycles. The fraction of sp³-hybridized carbons (Fsp3) is 0.929. The maximum Gasteiger partial charge on any atom is 0.225 e. The van der Waals surface area contributed by atoms with Crippen molar-refractivity contribution >= 4 is 5.91 Å². The number of hydrogen-bond donors (Lipinski definition) is 1. The Labute approximate surface area is 106 Å². The zero-order valence-corrected chi connectivity index (χ0v) is 11.8. The number of nitrogens with zero attached hydrogens (tertiary/aromatic N) is 1. The zero-order chi connectivity index (χ0) is 13.0. The third kappa shape index (κ3) is 3.70. The highest BCUT2D eigenvalue weighted by Gasteiger charge is 2.32. The van der Waals surface area contributed by atoms with E-state index in [0.29, 0.717) is 17.9 Å². The van der Waals surface area contributed by atoms with Crippen LogP contribution in [0.1, 0.15) is 52.9 Å². The molecule has 0 aliphatic heterocycles. The number of rotatable bonds is 4. The molecule has 1 aliphatic rings. The van der Waals surface area contributed by atoms with Crippen LogP contribution in [-0.2, 0) is 4.79 Å². The molecule has 1 rings (SSSR count). The highest BCUT2D eigenvalue weighted by molar-refractivity contribution is 5.79. The summed E-state index contributed by atoms with van der Waals surface area (Å²) >= 11 is 0. The lowest BCUT2D eigenvalue weighted by atomic mass is 9.79. The van der Waals surface area contributed by atoms with Crippen LogP contribution in [0.2, 0.25) is 0 Å². The third-order valence-corrected chi connectivity index (χ3v) is 4.17. The summed E-state index contributed by atoms with van der Waals surface area (Å²) in [6.45, 7) is 6.50. The number of carbonyl (C=O) groups is 1. The van der Waals surface area contributed by atoms with Crippen LogP contribution in [0.3, 0.4) is 0 Å². The number of amides is 1. The molecule has 1 fully saturated rings. The molecule has 17 heavy (non-hydrogen) atoms. The van der Waals surface area contributed by atoms with E-state index in [0.717, 1.165) is 32.1 Å². The van der Waals surface area contributed by atoms with E-state index in [1.54, 1.807) is 0 Å². The Balaban J connectivity index is 2.62. The van der Waals surface area contributed by atoms with Crippen LogP contribution >= 0.6 is 0 Å². The minimum Gasteiger partial charge on any atom is -0.343 e. The van der Waals surface area contributed by atoms with Crippen LogP contribution in [0.15, 0.2) is 0 Å². The minimum atomic E-state index is 0.152. The summed E-state index contributed by atoms with van der Waals surface area (Å²) in [5, 5.41) is 0. The Morgan fingerprint density at radius 3 is 2.35 bits per heavy atom. The Hall–Kier alpha value is -0.570. The van der Waals surface area contributed by atoms with Gasteiger partial charge in [-0.2, -0.15) is 0 Å². The summed E-state index contributed by atoms with van der Waals surface area (Å²) in [5.74, 6) is 1.04. The van der Waals surface area contributed by atoms with Gasteiger partial charge in [0.15, 0.2) is 0 Å². The maximum atomic E-state index is 12.4. The van der Waals surface area contributed by atoms with E-state index in [4.69, 9.17) is 5.73 Å². The molecule has 3 heteroatoms. The summed E-state index contributed by atoms with van der Waals surface area (Å²) in [4.78, 5) is 14.4. The average Bonchev–Trinajstić information content (AvgIpc) is 2.28. The highest BCUT2D eigenvalue weighted by Crippen LogP contribution is 2.29. The van der Waals surface area contributed by atoms with E-state index >= 15 is 0 Å². The van der Waals surface area contributed by atoms with Crippen molar-refractivity contribution < 1.29 is 4.79 Å². The molecule has 1 amide bonds. The van der Waals surface area contributed by atoms with Gasteiger partial charge in [-0.1, -0.05) is 20.8 Å². The summed E-state index contributed by atoms with van der Waals surface area (Å²) in [7, 11) is 1.95. The predicted molar refractivity (Wildman–Crippen MR) is 71.6 cm³/mol. The molecule has 3 unspecified atom stereocenters. The van der Waals surface area contributed by atoms with Crippen molar-refractivity contribution in [3.8, 4) is 0 Å². The summed E-state index contributed by atoms with van der Waals surface area (Å²) in [5.41, 5.74) is 6.02. The summed E-state index contributed by atoms with van der Waals surface area (Å²) in [6, 6.07) is 0.596. The van der Waals surface area contributed by atoms with Gasteiger partial charge < -0.3 is 10.6 Å². The lowest BCUT2D eigenvalue weighted by molar-refractivity contribution is -0.138. The minimum absolute atomic E-state index is 0.152. The predicted octanol–water partition coefficient (Wildman–Crippen LogP) is 2.40. The zero-order valence-electron chi connectivity index (χ0n) is 11.8. The van der Waals surface area contributed by atoms with Crippen LogP contribution in [0.25, 0.3) is 0 Å². The molecular formula is C14H28N2O. The standard InChI is InChI=1S/C14H28N2O/c1-5-13(6-2)16(4)14(17)11-7-10(3)8-12(15)9-11/h10-13H,5-9,15H2,1-4H3. The van der Waals surface area contributed by atoms with Crippen molar-refractivity contribution in [3.63, 3.8) is 0 Å². The Kier molecular flexibility index (Phi) is 5.44. The molecule has 0 aromatic carbocycles. The molecule has 2 N–H and O–H groups in total. The van der Waals surface area contributed by atoms with Crippen molar-refractivity contribution in [2.45, 2.75) is 65.0 Å². The second kappa shape index (κ2) is 6.39. The molecular weight excluding hydrogens is 212 g/mol. The van der Waals surface area contributed by atoms with Gasteiger partial charge in [-0.25, -0.2) is 0 Å². The largest absolute Gasteiger partial charge is 0.343 e. The van der Waals surface area contributed by atoms with E-state index in [9.17, 15) is 4.79 Å². The first-order chi connectivity index (χ1) is 7.99.